The predicted octanol–water partition coefficient (Wildman–Crippen LogP) is 3.87. The number of para-hydroxylation sites is 1. The molecule has 0 aliphatic carbocycles. The van der Waals surface area contributed by atoms with Gasteiger partial charge in [-0.2, -0.15) is 5.10 Å². The zero-order valence-electron chi connectivity index (χ0n) is 14.3. The smallest absolute Gasteiger partial charge is 0.275 e. The van der Waals surface area contributed by atoms with E-state index in [9.17, 15) is 14.3 Å². The first-order valence-electron chi connectivity index (χ1n) is 8.20. The molecule has 0 heterocycles. The van der Waals surface area contributed by atoms with Gasteiger partial charge in [-0.25, -0.2) is 9.82 Å². The van der Waals surface area contributed by atoms with Gasteiger partial charge >= 0.3 is 0 Å². The van der Waals surface area contributed by atoms with Crippen LogP contribution in [0.25, 0.3) is 0 Å². The normalized spacial score (nSPS) is 10.7. The number of nitrogens with zero attached hydrogens (tertiary/aromatic N) is 1. The summed E-state index contributed by atoms with van der Waals surface area (Å²) in [7, 11) is 0. The molecule has 0 fully saturated rings. The van der Waals surface area contributed by atoms with Gasteiger partial charge in [0.15, 0.2) is 0 Å². The molecule has 0 spiro atoms. The molecule has 27 heavy (non-hydrogen) atoms. The van der Waals surface area contributed by atoms with Crippen LogP contribution < -0.4 is 10.2 Å². The minimum absolute atomic E-state index is 0.106. The van der Waals surface area contributed by atoms with Crippen molar-refractivity contribution in [2.75, 3.05) is 0 Å². The van der Waals surface area contributed by atoms with Crippen molar-refractivity contribution >= 4 is 12.1 Å². The third-order valence-corrected chi connectivity index (χ3v) is 3.70. The molecule has 136 valence electrons. The van der Waals surface area contributed by atoms with Gasteiger partial charge in [-0.1, -0.05) is 24.3 Å². The Morgan fingerprint density at radius 2 is 1.85 bits per heavy atom. The third kappa shape index (κ3) is 5.15. The summed E-state index contributed by atoms with van der Waals surface area (Å²) in [6.07, 6.45) is 1.48. The second kappa shape index (κ2) is 8.62. The lowest BCUT2D eigenvalue weighted by Gasteiger charge is -2.06. The number of halogens is 1. The van der Waals surface area contributed by atoms with Crippen molar-refractivity contribution < 1.29 is 19.0 Å². The molecule has 0 aliphatic rings. The van der Waals surface area contributed by atoms with Crippen LogP contribution in [0.1, 0.15) is 21.5 Å². The van der Waals surface area contributed by atoms with Crippen LogP contribution in [0.3, 0.4) is 0 Å². The summed E-state index contributed by atoms with van der Waals surface area (Å²) in [5.74, 6) is -0.271. The molecular formula is C21H17FN2O3. The number of hydrogen-bond donors (Lipinski definition) is 2. The molecule has 3 aromatic carbocycles. The van der Waals surface area contributed by atoms with Gasteiger partial charge in [0.25, 0.3) is 5.91 Å². The number of benzene rings is 3. The van der Waals surface area contributed by atoms with E-state index in [1.54, 1.807) is 48.5 Å². The molecule has 3 aromatic rings. The maximum absolute atomic E-state index is 13.1. The predicted molar refractivity (Wildman–Crippen MR) is 100 cm³/mol. The zero-order valence-corrected chi connectivity index (χ0v) is 14.3. The molecule has 0 bridgehead atoms. The maximum Gasteiger partial charge on any atom is 0.275 e. The molecular weight excluding hydrogens is 347 g/mol. The number of nitrogens with one attached hydrogen (secondary N) is 1. The van der Waals surface area contributed by atoms with Crippen molar-refractivity contribution in [3.8, 4) is 11.5 Å². The fraction of sp³-hybridized carbons (Fsp3) is 0.0476. The van der Waals surface area contributed by atoms with Crippen LogP contribution >= 0.6 is 0 Å². The molecule has 0 saturated heterocycles. The monoisotopic (exact) mass is 364 g/mol. The molecule has 0 atom stereocenters. The van der Waals surface area contributed by atoms with Gasteiger partial charge in [-0.3, -0.25) is 4.79 Å². The standard InChI is InChI=1S/C21H17FN2O3/c22-17-5-3-4-16(12-17)14-27-18-10-8-15(9-11-18)13-23-24-21(26)19-6-1-2-7-20(19)25/h1-13,25H,14H2,(H,24,26). The Bertz CT molecular complexity index is 956. The lowest BCUT2D eigenvalue weighted by Crippen LogP contribution is -2.17. The van der Waals surface area contributed by atoms with Crippen molar-refractivity contribution in [3.05, 3.63) is 95.3 Å². The first kappa shape index (κ1) is 18.1. The van der Waals surface area contributed by atoms with Gasteiger partial charge in [0.2, 0.25) is 0 Å². The Kier molecular flexibility index (Phi) is 5.79. The van der Waals surface area contributed by atoms with E-state index in [1.807, 2.05) is 0 Å². The minimum atomic E-state index is -0.501. The van der Waals surface area contributed by atoms with Crippen LogP contribution in [0, 0.1) is 5.82 Å². The Morgan fingerprint density at radius 3 is 2.59 bits per heavy atom. The van der Waals surface area contributed by atoms with E-state index >= 15 is 0 Å². The second-order valence-electron chi connectivity index (χ2n) is 5.70. The molecule has 5 nitrogen and oxygen atoms in total. The fourth-order valence-electron chi connectivity index (χ4n) is 2.33. The average Bonchev–Trinajstić information content (AvgIpc) is 2.68. The lowest BCUT2D eigenvalue weighted by molar-refractivity contribution is 0.0952. The Hall–Kier alpha value is -3.67. The average molecular weight is 364 g/mol. The molecule has 3 rings (SSSR count). The Balaban J connectivity index is 1.53. The van der Waals surface area contributed by atoms with Crippen LogP contribution in [0.5, 0.6) is 11.5 Å². The molecule has 0 radical (unpaired) electrons. The van der Waals surface area contributed by atoms with Gasteiger partial charge in [0.1, 0.15) is 23.9 Å². The number of ether oxygens (including phenoxy) is 1. The van der Waals surface area contributed by atoms with Crippen molar-refractivity contribution in [2.24, 2.45) is 5.10 Å². The van der Waals surface area contributed by atoms with E-state index in [2.05, 4.69) is 10.5 Å². The molecule has 6 heteroatoms. The quantitative estimate of drug-likeness (QED) is 0.515. The summed E-state index contributed by atoms with van der Waals surface area (Å²) in [6.45, 7) is 0.266. The van der Waals surface area contributed by atoms with Crippen molar-refractivity contribution in [3.63, 3.8) is 0 Å². The first-order valence-corrected chi connectivity index (χ1v) is 8.20. The number of carbonyl (C=O) groups excluding carboxylic acids is 1. The van der Waals surface area contributed by atoms with Gasteiger partial charge in [0, 0.05) is 0 Å². The summed E-state index contributed by atoms with van der Waals surface area (Å²) in [4.78, 5) is 11.9. The van der Waals surface area contributed by atoms with E-state index in [0.29, 0.717) is 5.75 Å². The summed E-state index contributed by atoms with van der Waals surface area (Å²) in [5, 5.41) is 13.5. The number of hydrazone groups is 1. The summed E-state index contributed by atoms with van der Waals surface area (Å²) in [5.41, 5.74) is 4.01. The van der Waals surface area contributed by atoms with Gasteiger partial charge < -0.3 is 9.84 Å². The van der Waals surface area contributed by atoms with E-state index in [4.69, 9.17) is 4.74 Å². The largest absolute Gasteiger partial charge is 0.507 e. The second-order valence-corrected chi connectivity index (χ2v) is 5.70. The maximum atomic E-state index is 13.1. The molecule has 0 unspecified atom stereocenters. The summed E-state index contributed by atoms with van der Waals surface area (Å²) in [6, 6.07) is 19.5. The van der Waals surface area contributed by atoms with E-state index in [1.165, 1.54) is 30.5 Å². The summed E-state index contributed by atoms with van der Waals surface area (Å²) < 4.78 is 18.7. The van der Waals surface area contributed by atoms with Crippen LogP contribution in [0.15, 0.2) is 77.9 Å². The van der Waals surface area contributed by atoms with Crippen LogP contribution in [-0.4, -0.2) is 17.2 Å². The molecule has 0 saturated carbocycles. The fourth-order valence-corrected chi connectivity index (χ4v) is 2.33. The third-order valence-electron chi connectivity index (χ3n) is 3.70. The topological polar surface area (TPSA) is 70.9 Å². The highest BCUT2D eigenvalue weighted by Crippen LogP contribution is 2.15. The highest BCUT2D eigenvalue weighted by molar-refractivity contribution is 5.97. The SMILES string of the molecule is O=C(NN=Cc1ccc(OCc2cccc(F)c2)cc1)c1ccccc1O. The first-order chi connectivity index (χ1) is 13.1. The van der Waals surface area contributed by atoms with Crippen molar-refractivity contribution in [1.29, 1.82) is 0 Å². The van der Waals surface area contributed by atoms with Crippen LogP contribution in [0.2, 0.25) is 0 Å². The number of amides is 1. The van der Waals surface area contributed by atoms with Gasteiger partial charge in [0.05, 0.1) is 11.8 Å². The number of phenols is 1. The minimum Gasteiger partial charge on any atom is -0.507 e. The number of aromatic hydroxyl groups is 1. The Labute approximate surface area is 155 Å². The van der Waals surface area contributed by atoms with Crippen molar-refractivity contribution in [2.45, 2.75) is 6.61 Å². The highest BCUT2D eigenvalue weighted by atomic mass is 19.1. The Morgan fingerprint density at radius 1 is 1.07 bits per heavy atom. The van der Waals surface area contributed by atoms with Gasteiger partial charge in [-0.15, -0.1) is 0 Å². The zero-order chi connectivity index (χ0) is 19.1. The number of hydrogen-bond acceptors (Lipinski definition) is 4. The number of phenolic OH excluding ortho intramolecular Hbond substituents is 1. The van der Waals surface area contributed by atoms with E-state index in [-0.39, 0.29) is 23.7 Å². The van der Waals surface area contributed by atoms with E-state index < -0.39 is 5.91 Å². The molecule has 2 N–H and O–H groups in total. The lowest BCUT2D eigenvalue weighted by atomic mass is 10.2. The van der Waals surface area contributed by atoms with Crippen LogP contribution in [-0.2, 0) is 6.61 Å². The molecule has 0 aromatic heterocycles. The van der Waals surface area contributed by atoms with Crippen LogP contribution in [0.4, 0.5) is 4.39 Å². The van der Waals surface area contributed by atoms with E-state index in [0.717, 1.165) is 11.1 Å². The summed E-state index contributed by atoms with van der Waals surface area (Å²) >= 11 is 0. The molecule has 0 aliphatic heterocycles. The van der Waals surface area contributed by atoms with Gasteiger partial charge in [-0.05, 0) is 59.7 Å². The van der Waals surface area contributed by atoms with Crippen molar-refractivity contribution in [1.82, 2.24) is 5.43 Å². The highest BCUT2D eigenvalue weighted by Gasteiger charge is 2.08. The molecule has 1 amide bonds. The number of carbonyl (C=O) groups is 1. The number of rotatable bonds is 6.